The van der Waals surface area contributed by atoms with Gasteiger partial charge < -0.3 is 9.64 Å². The highest BCUT2D eigenvalue weighted by Gasteiger charge is 2.36. The summed E-state index contributed by atoms with van der Waals surface area (Å²) in [7, 11) is 0. The normalized spacial score (nSPS) is 19.2. The fourth-order valence-electron chi connectivity index (χ4n) is 2.17. The fraction of sp³-hybridized carbons (Fsp3) is 0.867. The maximum Gasteiger partial charge on any atom is 0.329 e. The molecule has 0 spiro atoms. The third-order valence-electron chi connectivity index (χ3n) is 3.12. The number of carbonyl (C=O) groups excluding carboxylic acids is 2. The van der Waals surface area contributed by atoms with Crippen LogP contribution >= 0.6 is 11.8 Å². The van der Waals surface area contributed by atoms with Crippen LogP contribution in [0.1, 0.15) is 53.4 Å². The van der Waals surface area contributed by atoms with Crippen LogP contribution in [0.3, 0.4) is 0 Å². The van der Waals surface area contributed by atoms with E-state index in [0.29, 0.717) is 12.3 Å². The highest BCUT2D eigenvalue weighted by atomic mass is 32.2. The van der Waals surface area contributed by atoms with Crippen LogP contribution < -0.4 is 0 Å². The van der Waals surface area contributed by atoms with E-state index < -0.39 is 5.60 Å². The van der Waals surface area contributed by atoms with Crippen LogP contribution in [-0.2, 0) is 14.3 Å². The van der Waals surface area contributed by atoms with Crippen molar-refractivity contribution in [2.75, 3.05) is 18.1 Å². The molecule has 4 nitrogen and oxygen atoms in total. The molecule has 0 aromatic rings. The molecule has 1 aliphatic heterocycles. The lowest BCUT2D eigenvalue weighted by Gasteiger charge is -2.27. The van der Waals surface area contributed by atoms with Crippen molar-refractivity contribution in [2.24, 2.45) is 0 Å². The van der Waals surface area contributed by atoms with Gasteiger partial charge in [0.05, 0.1) is 5.75 Å². The number of nitrogens with zero attached hydrogens (tertiary/aromatic N) is 1. The molecular formula is C15H27NO3S. The third kappa shape index (κ3) is 5.73. The average Bonchev–Trinajstić information content (AvgIpc) is 2.81. The van der Waals surface area contributed by atoms with E-state index >= 15 is 0 Å². The Hall–Kier alpha value is -0.710. The predicted molar refractivity (Wildman–Crippen MR) is 82.8 cm³/mol. The molecule has 0 saturated carbocycles. The number of hydrogen-bond acceptors (Lipinski definition) is 4. The zero-order valence-electron chi connectivity index (χ0n) is 13.1. The first-order valence-electron chi connectivity index (χ1n) is 7.45. The van der Waals surface area contributed by atoms with Crippen LogP contribution in [-0.4, -0.2) is 46.5 Å². The highest BCUT2D eigenvalue weighted by Crippen LogP contribution is 2.22. The van der Waals surface area contributed by atoms with Crippen molar-refractivity contribution >= 4 is 23.6 Å². The number of thioether (sulfide) groups is 1. The van der Waals surface area contributed by atoms with Gasteiger partial charge in [0.15, 0.2) is 0 Å². The molecular weight excluding hydrogens is 274 g/mol. The van der Waals surface area contributed by atoms with Gasteiger partial charge in [0, 0.05) is 6.54 Å². The third-order valence-corrected chi connectivity index (χ3v) is 4.15. The number of ether oxygens (including phenoxy) is 1. The minimum absolute atomic E-state index is 0.0689. The molecule has 1 saturated heterocycles. The molecule has 1 heterocycles. The molecule has 0 aliphatic carbocycles. The number of amides is 1. The lowest BCUT2D eigenvalue weighted by atomic mass is 10.1. The summed E-state index contributed by atoms with van der Waals surface area (Å²) in [5.41, 5.74) is -0.496. The van der Waals surface area contributed by atoms with Crippen molar-refractivity contribution in [3.05, 3.63) is 0 Å². The Bertz CT molecular complexity index is 339. The highest BCUT2D eigenvalue weighted by molar-refractivity contribution is 7.99. The Kier molecular flexibility index (Phi) is 6.86. The van der Waals surface area contributed by atoms with Crippen molar-refractivity contribution in [3.63, 3.8) is 0 Å². The van der Waals surface area contributed by atoms with Crippen molar-refractivity contribution in [1.29, 1.82) is 0 Å². The van der Waals surface area contributed by atoms with Crippen molar-refractivity contribution in [3.8, 4) is 0 Å². The standard InChI is InChI=1S/C15H27NO3S/c1-5-6-10-20-11-13(17)16-9-7-8-12(16)14(18)19-15(2,3)4/h12H,5-11H2,1-4H3/t12-/m0/s1. The first kappa shape index (κ1) is 17.3. The van der Waals surface area contributed by atoms with Gasteiger partial charge in [0.25, 0.3) is 0 Å². The van der Waals surface area contributed by atoms with Crippen LogP contribution in [0.4, 0.5) is 0 Å². The molecule has 1 atom stereocenters. The molecule has 0 N–H and O–H groups in total. The zero-order chi connectivity index (χ0) is 15.2. The van der Waals surface area contributed by atoms with E-state index in [-0.39, 0.29) is 17.9 Å². The second-order valence-electron chi connectivity index (χ2n) is 6.18. The van der Waals surface area contributed by atoms with E-state index in [1.165, 1.54) is 0 Å². The summed E-state index contributed by atoms with van der Waals surface area (Å²) in [6, 6.07) is -0.381. The summed E-state index contributed by atoms with van der Waals surface area (Å²) in [6.45, 7) is 8.38. The maximum absolute atomic E-state index is 12.2. The van der Waals surface area contributed by atoms with E-state index in [4.69, 9.17) is 4.74 Å². The van der Waals surface area contributed by atoms with Crippen LogP contribution in [0.25, 0.3) is 0 Å². The average molecular weight is 301 g/mol. The number of esters is 1. The van der Waals surface area contributed by atoms with Crippen molar-refractivity contribution in [1.82, 2.24) is 4.90 Å². The summed E-state index contributed by atoms with van der Waals surface area (Å²) < 4.78 is 5.41. The van der Waals surface area contributed by atoms with Gasteiger partial charge in [-0.1, -0.05) is 13.3 Å². The molecule has 1 aliphatic rings. The first-order valence-corrected chi connectivity index (χ1v) is 8.60. The SMILES string of the molecule is CCCCSCC(=O)N1CCC[C@H]1C(=O)OC(C)(C)C. The van der Waals surface area contributed by atoms with E-state index in [0.717, 1.165) is 31.4 Å². The lowest BCUT2D eigenvalue weighted by Crippen LogP contribution is -2.44. The quantitative estimate of drug-likeness (QED) is 0.559. The summed E-state index contributed by atoms with van der Waals surface area (Å²) in [5, 5.41) is 0. The Morgan fingerprint density at radius 1 is 1.35 bits per heavy atom. The number of likely N-dealkylation sites (tertiary alicyclic amines) is 1. The predicted octanol–water partition coefficient (Wildman–Crippen LogP) is 2.85. The van der Waals surface area contributed by atoms with Crippen LogP contribution in [0.15, 0.2) is 0 Å². The monoisotopic (exact) mass is 301 g/mol. The molecule has 1 amide bonds. The summed E-state index contributed by atoms with van der Waals surface area (Å²) in [5.74, 6) is 1.29. The maximum atomic E-state index is 12.2. The molecule has 0 bridgehead atoms. The van der Waals surface area contributed by atoms with Crippen LogP contribution in [0.2, 0.25) is 0 Å². The van der Waals surface area contributed by atoms with Gasteiger partial charge in [0.2, 0.25) is 5.91 Å². The molecule has 0 aromatic carbocycles. The number of hydrogen-bond donors (Lipinski definition) is 0. The van der Waals surface area contributed by atoms with Crippen molar-refractivity contribution in [2.45, 2.75) is 65.0 Å². The largest absolute Gasteiger partial charge is 0.458 e. The Morgan fingerprint density at radius 2 is 2.05 bits per heavy atom. The summed E-state index contributed by atoms with van der Waals surface area (Å²) in [4.78, 5) is 26.0. The van der Waals surface area contributed by atoms with Gasteiger partial charge in [0.1, 0.15) is 11.6 Å². The number of rotatable bonds is 6. The van der Waals surface area contributed by atoms with Gasteiger partial charge in [-0.3, -0.25) is 4.79 Å². The van der Waals surface area contributed by atoms with Gasteiger partial charge in [-0.2, -0.15) is 11.8 Å². The van der Waals surface area contributed by atoms with Crippen molar-refractivity contribution < 1.29 is 14.3 Å². The lowest BCUT2D eigenvalue weighted by molar-refractivity contribution is -0.162. The van der Waals surface area contributed by atoms with Gasteiger partial charge in [-0.15, -0.1) is 0 Å². The summed E-state index contributed by atoms with van der Waals surface area (Å²) in [6.07, 6.45) is 3.88. The Labute approximate surface area is 126 Å². The second-order valence-corrected chi connectivity index (χ2v) is 7.29. The van der Waals surface area contributed by atoms with Gasteiger partial charge >= 0.3 is 5.97 Å². The second kappa shape index (κ2) is 7.91. The molecule has 1 rings (SSSR count). The minimum Gasteiger partial charge on any atom is -0.458 e. The molecule has 116 valence electrons. The van der Waals surface area contributed by atoms with Gasteiger partial charge in [-0.05, 0) is 45.8 Å². The van der Waals surface area contributed by atoms with E-state index in [9.17, 15) is 9.59 Å². The molecule has 20 heavy (non-hydrogen) atoms. The van der Waals surface area contributed by atoms with E-state index in [1.54, 1.807) is 16.7 Å². The van der Waals surface area contributed by atoms with E-state index in [2.05, 4.69) is 6.92 Å². The smallest absolute Gasteiger partial charge is 0.329 e. The molecule has 1 fully saturated rings. The first-order chi connectivity index (χ1) is 9.35. The molecule has 0 aromatic heterocycles. The molecule has 0 unspecified atom stereocenters. The van der Waals surface area contributed by atoms with Gasteiger partial charge in [-0.25, -0.2) is 4.79 Å². The molecule has 5 heteroatoms. The Balaban J connectivity index is 2.47. The molecule has 0 radical (unpaired) electrons. The van der Waals surface area contributed by atoms with Crippen LogP contribution in [0, 0.1) is 0 Å². The van der Waals surface area contributed by atoms with E-state index in [1.807, 2.05) is 20.8 Å². The van der Waals surface area contributed by atoms with Crippen LogP contribution in [0.5, 0.6) is 0 Å². The topological polar surface area (TPSA) is 46.6 Å². The zero-order valence-corrected chi connectivity index (χ0v) is 13.9. The minimum atomic E-state index is -0.496. The summed E-state index contributed by atoms with van der Waals surface area (Å²) >= 11 is 1.66. The number of unbranched alkanes of at least 4 members (excludes halogenated alkanes) is 1. The number of carbonyl (C=O) groups is 2. The Morgan fingerprint density at radius 3 is 2.65 bits per heavy atom. The fourth-order valence-corrected chi connectivity index (χ4v) is 3.15.